The van der Waals surface area contributed by atoms with Crippen LogP contribution in [0, 0.1) is 11.8 Å². The predicted molar refractivity (Wildman–Crippen MR) is 126 cm³/mol. The molecule has 8 nitrogen and oxygen atoms in total. The summed E-state index contributed by atoms with van der Waals surface area (Å²) >= 11 is 0. The fraction of sp³-hybridized carbons (Fsp3) is 0.423. The molecule has 0 aliphatic carbocycles. The molecule has 2 fully saturated rings. The summed E-state index contributed by atoms with van der Waals surface area (Å²) in [6.45, 7) is 3.84. The third kappa shape index (κ3) is 3.62. The molecule has 4 atom stereocenters. The Morgan fingerprint density at radius 3 is 2.38 bits per heavy atom. The van der Waals surface area contributed by atoms with Crippen molar-refractivity contribution >= 4 is 23.5 Å². The van der Waals surface area contributed by atoms with Gasteiger partial charge in [0.2, 0.25) is 11.8 Å². The van der Waals surface area contributed by atoms with E-state index in [4.69, 9.17) is 14.2 Å². The number of fused-ring (bicyclic) bond motifs is 1. The van der Waals surface area contributed by atoms with E-state index in [1.165, 1.54) is 12.0 Å². The zero-order valence-electron chi connectivity index (χ0n) is 19.9. The van der Waals surface area contributed by atoms with Gasteiger partial charge in [-0.2, -0.15) is 0 Å². The van der Waals surface area contributed by atoms with Crippen LogP contribution in [0.1, 0.15) is 38.3 Å². The van der Waals surface area contributed by atoms with Crippen LogP contribution < -0.4 is 19.7 Å². The molecule has 2 aliphatic heterocycles. The fourth-order valence-electron chi connectivity index (χ4n) is 5.35. The second kappa shape index (κ2) is 9.46. The molecular weight excluding hydrogens is 436 g/mol. The first kappa shape index (κ1) is 23.8. The minimum atomic E-state index is -1.33. The second-order valence-electron chi connectivity index (χ2n) is 8.52. The number of nitrogens with one attached hydrogen (secondary N) is 1. The molecule has 34 heavy (non-hydrogen) atoms. The molecule has 2 heterocycles. The van der Waals surface area contributed by atoms with Gasteiger partial charge in [-0.15, -0.1) is 0 Å². The van der Waals surface area contributed by atoms with Crippen molar-refractivity contribution in [3.05, 3.63) is 54.1 Å². The summed E-state index contributed by atoms with van der Waals surface area (Å²) in [6.07, 6.45) is 0.970. The molecule has 2 aromatic carbocycles. The normalized spacial score (nSPS) is 25.9. The van der Waals surface area contributed by atoms with E-state index in [1.807, 2.05) is 19.1 Å². The van der Waals surface area contributed by atoms with Crippen LogP contribution in [0.3, 0.4) is 0 Å². The summed E-state index contributed by atoms with van der Waals surface area (Å²) in [5.41, 5.74) is -0.167. The summed E-state index contributed by atoms with van der Waals surface area (Å²) < 4.78 is 16.4. The van der Waals surface area contributed by atoms with Gasteiger partial charge in [0, 0.05) is 17.7 Å². The van der Waals surface area contributed by atoms with Gasteiger partial charge in [0.25, 0.3) is 0 Å². The number of carbonyl (C=O) groups is 3. The smallest absolute Gasteiger partial charge is 0.327 e. The highest BCUT2D eigenvalue weighted by atomic mass is 16.5. The van der Waals surface area contributed by atoms with Gasteiger partial charge < -0.3 is 14.2 Å². The van der Waals surface area contributed by atoms with Crippen LogP contribution in [0.2, 0.25) is 0 Å². The van der Waals surface area contributed by atoms with Crippen molar-refractivity contribution in [2.75, 3.05) is 25.7 Å². The summed E-state index contributed by atoms with van der Waals surface area (Å²) in [5, 5.41) is 3.39. The van der Waals surface area contributed by atoms with E-state index in [-0.39, 0.29) is 12.5 Å². The van der Waals surface area contributed by atoms with Crippen molar-refractivity contribution in [2.24, 2.45) is 11.8 Å². The van der Waals surface area contributed by atoms with Gasteiger partial charge in [0.15, 0.2) is 0 Å². The Hall–Kier alpha value is -3.39. The van der Waals surface area contributed by atoms with Crippen LogP contribution in [0.15, 0.2) is 48.5 Å². The monoisotopic (exact) mass is 466 g/mol. The van der Waals surface area contributed by atoms with Crippen LogP contribution in [0.4, 0.5) is 5.69 Å². The average Bonchev–Trinajstić information content (AvgIpc) is 3.33. The van der Waals surface area contributed by atoms with Gasteiger partial charge in [0.1, 0.15) is 17.0 Å². The number of nitrogens with zero attached hydrogens (tertiary/aromatic N) is 1. The van der Waals surface area contributed by atoms with E-state index >= 15 is 0 Å². The van der Waals surface area contributed by atoms with Gasteiger partial charge in [0.05, 0.1) is 38.3 Å². The standard InChI is InChI=1S/C26H30N2O6/c1-5-14-26(25(31)34-6-2)21-20(23(29)28(24(21)30)16-10-8-7-9-11-16)22(27-26)18-13-12-17(32-3)15-19(18)33-4/h7-13,15,20-22,27H,5-6,14H2,1-4H3/t20-,21+,22-,26+/m0/s1. The Kier molecular flexibility index (Phi) is 6.61. The Labute approximate surface area is 199 Å². The Morgan fingerprint density at radius 1 is 1.03 bits per heavy atom. The first-order valence-electron chi connectivity index (χ1n) is 11.5. The molecule has 2 saturated heterocycles. The molecule has 0 aromatic heterocycles. The zero-order valence-corrected chi connectivity index (χ0v) is 19.9. The summed E-state index contributed by atoms with van der Waals surface area (Å²) in [6, 6.07) is 13.5. The summed E-state index contributed by atoms with van der Waals surface area (Å²) in [4.78, 5) is 42.3. The van der Waals surface area contributed by atoms with Crippen molar-refractivity contribution in [1.29, 1.82) is 0 Å². The van der Waals surface area contributed by atoms with E-state index in [0.29, 0.717) is 35.6 Å². The van der Waals surface area contributed by atoms with E-state index in [0.717, 1.165) is 0 Å². The lowest BCUT2D eigenvalue weighted by atomic mass is 9.77. The number of esters is 1. The maximum atomic E-state index is 13.8. The number of carbonyl (C=O) groups excluding carboxylic acids is 3. The van der Waals surface area contributed by atoms with Crippen molar-refractivity contribution in [3.8, 4) is 11.5 Å². The molecule has 2 amide bonds. The van der Waals surface area contributed by atoms with Gasteiger partial charge in [-0.05, 0) is 31.5 Å². The quantitative estimate of drug-likeness (QED) is 0.471. The van der Waals surface area contributed by atoms with Crippen molar-refractivity contribution in [1.82, 2.24) is 5.32 Å². The van der Waals surface area contributed by atoms with Gasteiger partial charge in [-0.1, -0.05) is 37.6 Å². The number of hydrogen-bond acceptors (Lipinski definition) is 7. The highest BCUT2D eigenvalue weighted by Gasteiger charge is 2.68. The van der Waals surface area contributed by atoms with Crippen molar-refractivity contribution < 1.29 is 28.6 Å². The molecule has 0 radical (unpaired) electrons. The largest absolute Gasteiger partial charge is 0.497 e. The number of methoxy groups -OCH3 is 2. The molecule has 180 valence electrons. The highest BCUT2D eigenvalue weighted by molar-refractivity contribution is 6.24. The third-order valence-corrected chi connectivity index (χ3v) is 6.73. The van der Waals surface area contributed by atoms with Crippen LogP contribution in [0.5, 0.6) is 11.5 Å². The minimum absolute atomic E-state index is 0.171. The molecule has 4 rings (SSSR count). The third-order valence-electron chi connectivity index (χ3n) is 6.73. The zero-order chi connectivity index (χ0) is 24.5. The molecule has 8 heteroatoms. The Morgan fingerprint density at radius 2 is 1.76 bits per heavy atom. The molecular formula is C26H30N2O6. The van der Waals surface area contributed by atoms with Crippen molar-refractivity contribution in [2.45, 2.75) is 38.3 Å². The van der Waals surface area contributed by atoms with E-state index in [9.17, 15) is 14.4 Å². The molecule has 2 aromatic rings. The molecule has 2 aliphatic rings. The first-order valence-corrected chi connectivity index (χ1v) is 11.5. The Balaban J connectivity index is 1.89. The van der Waals surface area contributed by atoms with Gasteiger partial charge in [-0.25, -0.2) is 4.90 Å². The van der Waals surface area contributed by atoms with Crippen molar-refractivity contribution in [3.63, 3.8) is 0 Å². The molecule has 0 bridgehead atoms. The van der Waals surface area contributed by atoms with E-state index < -0.39 is 35.3 Å². The summed E-state index contributed by atoms with van der Waals surface area (Å²) in [5.74, 6) is -1.87. The lowest BCUT2D eigenvalue weighted by molar-refractivity contribution is -0.155. The maximum absolute atomic E-state index is 13.8. The number of anilines is 1. The van der Waals surface area contributed by atoms with Crippen LogP contribution in [0.25, 0.3) is 0 Å². The van der Waals surface area contributed by atoms with Crippen LogP contribution >= 0.6 is 0 Å². The summed E-state index contributed by atoms with van der Waals surface area (Å²) in [7, 11) is 3.09. The number of ether oxygens (including phenoxy) is 3. The minimum Gasteiger partial charge on any atom is -0.497 e. The number of para-hydroxylation sites is 1. The number of amides is 2. The SMILES string of the molecule is CCC[C@@]1(C(=O)OCC)N[C@@H](c2ccc(OC)cc2OC)[C@H]2C(=O)N(c3ccccc3)C(=O)[C@@H]21. The van der Waals surface area contributed by atoms with Gasteiger partial charge >= 0.3 is 5.97 Å². The van der Waals surface area contributed by atoms with Crippen LogP contribution in [-0.4, -0.2) is 44.1 Å². The molecule has 1 N–H and O–H groups in total. The number of rotatable bonds is 8. The lowest BCUT2D eigenvalue weighted by Crippen LogP contribution is -2.56. The second-order valence-corrected chi connectivity index (χ2v) is 8.52. The van der Waals surface area contributed by atoms with Crippen LogP contribution in [-0.2, 0) is 19.1 Å². The van der Waals surface area contributed by atoms with E-state index in [2.05, 4.69) is 5.32 Å². The molecule has 0 unspecified atom stereocenters. The first-order chi connectivity index (χ1) is 16.4. The molecule has 0 spiro atoms. The fourth-order valence-corrected chi connectivity index (χ4v) is 5.35. The Bertz CT molecular complexity index is 1090. The maximum Gasteiger partial charge on any atom is 0.327 e. The number of hydrogen-bond donors (Lipinski definition) is 1. The predicted octanol–water partition coefficient (Wildman–Crippen LogP) is 3.26. The lowest BCUT2D eigenvalue weighted by Gasteiger charge is -2.32. The van der Waals surface area contributed by atoms with Gasteiger partial charge in [-0.3, -0.25) is 19.7 Å². The van der Waals surface area contributed by atoms with E-state index in [1.54, 1.807) is 50.4 Å². The number of imide groups is 1. The number of benzene rings is 2. The molecule has 0 saturated carbocycles. The highest BCUT2D eigenvalue weighted by Crippen LogP contribution is 2.53. The topological polar surface area (TPSA) is 94.2 Å². The average molecular weight is 467 g/mol.